The molecule has 0 atom stereocenters. The Morgan fingerprint density at radius 2 is 2.12 bits per heavy atom. The van der Waals surface area contributed by atoms with Gasteiger partial charge in [-0.3, -0.25) is 14.2 Å². The van der Waals surface area contributed by atoms with Crippen LogP contribution in [0.3, 0.4) is 0 Å². The predicted molar refractivity (Wildman–Crippen MR) is 90.0 cm³/mol. The molecular weight excluding hydrogens is 347 g/mol. The molecule has 0 aliphatic carbocycles. The van der Waals surface area contributed by atoms with Crippen LogP contribution < -0.4 is 15.6 Å². The maximum absolute atomic E-state index is 12.8. The zero-order valence-electron chi connectivity index (χ0n) is 13.0. The molecule has 1 aromatic carbocycles. The quantitative estimate of drug-likeness (QED) is 0.622. The van der Waals surface area contributed by atoms with Crippen LogP contribution in [-0.4, -0.2) is 34.5 Å². The van der Waals surface area contributed by atoms with Crippen LogP contribution in [-0.2, 0) is 11.2 Å². The first-order valence-electron chi connectivity index (χ1n) is 7.38. The van der Waals surface area contributed by atoms with Crippen LogP contribution in [0.4, 0.5) is 10.2 Å². The number of nitrogens with zero attached hydrogens (tertiary/aromatic N) is 3. The number of halogens is 1. The summed E-state index contributed by atoms with van der Waals surface area (Å²) < 4.78 is 18.7. The second-order valence-electron chi connectivity index (χ2n) is 5.07. The van der Waals surface area contributed by atoms with E-state index >= 15 is 0 Å². The van der Waals surface area contributed by atoms with Crippen LogP contribution in [0.15, 0.2) is 34.2 Å². The molecule has 0 bridgehead atoms. The van der Waals surface area contributed by atoms with E-state index in [0.717, 1.165) is 11.8 Å². The third-order valence-electron chi connectivity index (χ3n) is 3.45. The number of fused-ring (bicyclic) bond motifs is 1. The highest BCUT2D eigenvalue weighted by molar-refractivity contribution is 7.99. The fourth-order valence-corrected chi connectivity index (χ4v) is 3.07. The average molecular weight is 360 g/mol. The van der Waals surface area contributed by atoms with E-state index in [9.17, 15) is 14.0 Å². The van der Waals surface area contributed by atoms with Gasteiger partial charge < -0.3 is 10.1 Å². The van der Waals surface area contributed by atoms with Gasteiger partial charge in [-0.15, -0.1) is 0 Å². The molecule has 128 valence electrons. The van der Waals surface area contributed by atoms with Gasteiger partial charge in [-0.25, -0.2) is 9.37 Å². The Kier molecular flexibility index (Phi) is 5.00. The van der Waals surface area contributed by atoms with Gasteiger partial charge in [-0.05, 0) is 24.3 Å². The SMILES string of the molecule is N#CCSc1nc2c(c(=O)n1-c1ccc(OCCF)cc1)CC(=O)N2. The van der Waals surface area contributed by atoms with Gasteiger partial charge in [-0.1, -0.05) is 11.8 Å². The Morgan fingerprint density at radius 3 is 2.80 bits per heavy atom. The molecule has 0 spiro atoms. The van der Waals surface area contributed by atoms with Crippen LogP contribution in [0.5, 0.6) is 5.75 Å². The summed E-state index contributed by atoms with van der Waals surface area (Å²) in [7, 11) is 0. The summed E-state index contributed by atoms with van der Waals surface area (Å²) in [4.78, 5) is 28.7. The van der Waals surface area contributed by atoms with Crippen molar-refractivity contribution in [2.24, 2.45) is 0 Å². The first-order valence-corrected chi connectivity index (χ1v) is 8.37. The molecule has 1 N–H and O–H groups in total. The van der Waals surface area contributed by atoms with E-state index in [-0.39, 0.29) is 36.1 Å². The number of aromatic nitrogens is 2. The molecule has 0 unspecified atom stereocenters. The van der Waals surface area contributed by atoms with Gasteiger partial charge in [0.05, 0.1) is 29.5 Å². The standard InChI is InChI=1S/C16H13FN4O3S/c17-5-7-24-11-3-1-10(2-4-11)21-15(23)12-9-13(22)19-14(12)20-16(21)25-8-6-18/h1-4H,5,7-9H2,(H,19,22). The van der Waals surface area contributed by atoms with Crippen molar-refractivity contribution in [2.45, 2.75) is 11.6 Å². The summed E-state index contributed by atoms with van der Waals surface area (Å²) in [5, 5.41) is 11.7. The number of alkyl halides is 1. The van der Waals surface area contributed by atoms with Gasteiger partial charge in [0, 0.05) is 0 Å². The minimum Gasteiger partial charge on any atom is -0.491 e. The van der Waals surface area contributed by atoms with Crippen molar-refractivity contribution >= 4 is 23.5 Å². The summed E-state index contributed by atoms with van der Waals surface area (Å²) in [5.74, 6) is 0.543. The molecule has 25 heavy (non-hydrogen) atoms. The van der Waals surface area contributed by atoms with Gasteiger partial charge in [0.2, 0.25) is 5.91 Å². The number of carbonyl (C=O) groups is 1. The minimum atomic E-state index is -0.591. The molecule has 0 saturated heterocycles. The highest BCUT2D eigenvalue weighted by Crippen LogP contribution is 2.25. The van der Waals surface area contributed by atoms with Crippen molar-refractivity contribution < 1.29 is 13.9 Å². The number of benzene rings is 1. The number of hydrogen-bond acceptors (Lipinski definition) is 6. The second kappa shape index (κ2) is 7.36. The zero-order valence-corrected chi connectivity index (χ0v) is 13.8. The molecule has 9 heteroatoms. The van der Waals surface area contributed by atoms with E-state index in [4.69, 9.17) is 10.00 Å². The van der Waals surface area contributed by atoms with Gasteiger partial charge in [0.15, 0.2) is 5.16 Å². The number of nitrogens with one attached hydrogen (secondary N) is 1. The minimum absolute atomic E-state index is 0.0257. The molecule has 1 amide bonds. The first kappa shape index (κ1) is 17.0. The van der Waals surface area contributed by atoms with E-state index < -0.39 is 6.67 Å². The lowest BCUT2D eigenvalue weighted by Crippen LogP contribution is -2.24. The van der Waals surface area contributed by atoms with E-state index in [1.807, 2.05) is 6.07 Å². The van der Waals surface area contributed by atoms with Crippen LogP contribution in [0.1, 0.15) is 5.56 Å². The Morgan fingerprint density at radius 1 is 1.36 bits per heavy atom. The van der Waals surface area contributed by atoms with Crippen molar-refractivity contribution in [1.82, 2.24) is 9.55 Å². The Bertz CT molecular complexity index is 905. The number of carbonyl (C=O) groups excluding carboxylic acids is 1. The van der Waals surface area contributed by atoms with Crippen LogP contribution >= 0.6 is 11.8 Å². The van der Waals surface area contributed by atoms with Gasteiger partial charge in [-0.2, -0.15) is 5.26 Å². The van der Waals surface area contributed by atoms with Crippen LogP contribution in [0.25, 0.3) is 5.69 Å². The summed E-state index contributed by atoms with van der Waals surface area (Å²) >= 11 is 1.10. The van der Waals surface area contributed by atoms with Crippen LogP contribution in [0, 0.1) is 11.3 Å². The number of rotatable bonds is 6. The fraction of sp³-hybridized carbons (Fsp3) is 0.250. The third-order valence-corrected chi connectivity index (χ3v) is 4.25. The lowest BCUT2D eigenvalue weighted by molar-refractivity contribution is -0.115. The molecule has 0 saturated carbocycles. The van der Waals surface area contributed by atoms with Crippen molar-refractivity contribution in [1.29, 1.82) is 5.26 Å². The largest absolute Gasteiger partial charge is 0.491 e. The molecular formula is C16H13FN4O3S. The molecule has 0 radical (unpaired) electrons. The molecule has 1 aromatic heterocycles. The Hall–Kier alpha value is -2.86. The van der Waals surface area contributed by atoms with Crippen molar-refractivity contribution in [3.05, 3.63) is 40.2 Å². The molecule has 7 nitrogen and oxygen atoms in total. The van der Waals surface area contributed by atoms with Crippen molar-refractivity contribution in [3.63, 3.8) is 0 Å². The summed E-state index contributed by atoms with van der Waals surface area (Å²) in [6.07, 6.45) is -0.0257. The predicted octanol–water partition coefficient (Wildman–Crippen LogP) is 1.69. The van der Waals surface area contributed by atoms with Gasteiger partial charge >= 0.3 is 0 Å². The monoisotopic (exact) mass is 360 g/mol. The molecule has 3 rings (SSSR count). The van der Waals surface area contributed by atoms with Gasteiger partial charge in [0.25, 0.3) is 5.56 Å². The lowest BCUT2D eigenvalue weighted by Gasteiger charge is -2.13. The van der Waals surface area contributed by atoms with E-state index in [0.29, 0.717) is 22.2 Å². The molecule has 1 aliphatic heterocycles. The van der Waals surface area contributed by atoms with Crippen LogP contribution in [0.2, 0.25) is 0 Å². The normalized spacial score (nSPS) is 12.4. The number of ether oxygens (including phenoxy) is 1. The maximum Gasteiger partial charge on any atom is 0.264 e. The smallest absolute Gasteiger partial charge is 0.264 e. The van der Waals surface area contributed by atoms with E-state index in [2.05, 4.69) is 10.3 Å². The summed E-state index contributed by atoms with van der Waals surface area (Å²) in [5.41, 5.74) is 0.456. The number of anilines is 1. The second-order valence-corrected chi connectivity index (χ2v) is 6.01. The maximum atomic E-state index is 12.8. The van der Waals surface area contributed by atoms with Crippen molar-refractivity contribution in [2.75, 3.05) is 24.4 Å². The molecule has 2 aromatic rings. The summed E-state index contributed by atoms with van der Waals surface area (Å²) in [6.45, 7) is -0.636. The lowest BCUT2D eigenvalue weighted by atomic mass is 10.2. The molecule has 1 aliphatic rings. The zero-order chi connectivity index (χ0) is 17.8. The highest BCUT2D eigenvalue weighted by Gasteiger charge is 2.26. The Labute approximate surface area is 146 Å². The van der Waals surface area contributed by atoms with E-state index in [1.165, 1.54) is 4.57 Å². The molecule has 2 heterocycles. The first-order chi connectivity index (χ1) is 12.1. The fourth-order valence-electron chi connectivity index (χ4n) is 2.40. The summed E-state index contributed by atoms with van der Waals surface area (Å²) in [6, 6.07) is 8.51. The van der Waals surface area contributed by atoms with E-state index in [1.54, 1.807) is 24.3 Å². The Balaban J connectivity index is 2.05. The molecule has 0 fully saturated rings. The topological polar surface area (TPSA) is 97.0 Å². The number of thioether (sulfide) groups is 1. The number of nitriles is 1. The highest BCUT2D eigenvalue weighted by atomic mass is 32.2. The average Bonchev–Trinajstić information content (AvgIpc) is 2.99. The van der Waals surface area contributed by atoms with Crippen molar-refractivity contribution in [3.8, 4) is 17.5 Å². The van der Waals surface area contributed by atoms with Gasteiger partial charge in [0.1, 0.15) is 24.8 Å². The third kappa shape index (κ3) is 3.49. The number of amides is 1. The number of hydrogen-bond donors (Lipinski definition) is 1.